The van der Waals surface area contributed by atoms with Gasteiger partial charge in [-0.05, 0) is 62.8 Å². The summed E-state index contributed by atoms with van der Waals surface area (Å²) < 4.78 is 0. The van der Waals surface area contributed by atoms with Gasteiger partial charge in [-0.2, -0.15) is 0 Å². The van der Waals surface area contributed by atoms with Crippen LogP contribution >= 0.6 is 0 Å². The third-order valence-electron chi connectivity index (χ3n) is 7.54. The summed E-state index contributed by atoms with van der Waals surface area (Å²) in [4.78, 5) is 53.3. The first-order valence-corrected chi connectivity index (χ1v) is 14.6. The Morgan fingerprint density at radius 1 is 0.907 bits per heavy atom. The Bertz CT molecular complexity index is 1290. The van der Waals surface area contributed by atoms with E-state index in [4.69, 9.17) is 17.2 Å². The minimum atomic E-state index is -1.39. The number of hydrogen-bond donors (Lipinski definition) is 6. The second-order valence-corrected chi connectivity index (χ2v) is 10.9. The van der Waals surface area contributed by atoms with Crippen molar-refractivity contribution < 1.29 is 24.3 Å². The lowest BCUT2D eigenvalue weighted by Gasteiger charge is -2.38. The topological polar surface area (TPSA) is 194 Å². The number of likely N-dealkylation sites (tertiary alicyclic amines) is 1. The fourth-order valence-corrected chi connectivity index (χ4v) is 4.81. The first-order chi connectivity index (χ1) is 20.6. The van der Waals surface area contributed by atoms with Gasteiger partial charge >= 0.3 is 5.97 Å². The van der Waals surface area contributed by atoms with Crippen molar-refractivity contribution in [3.8, 4) is 11.8 Å². The van der Waals surface area contributed by atoms with Crippen LogP contribution in [0.25, 0.3) is 0 Å². The monoisotopic (exact) mass is 590 g/mol. The molecule has 3 amide bonds. The van der Waals surface area contributed by atoms with Crippen LogP contribution in [0.15, 0.2) is 60.7 Å². The number of unbranched alkanes of at least 4 members (excludes halogenated alkanes) is 1. The molecule has 3 unspecified atom stereocenters. The minimum absolute atomic E-state index is 0.00768. The Balaban J connectivity index is 1.75. The van der Waals surface area contributed by atoms with Crippen molar-refractivity contribution in [1.29, 1.82) is 0 Å². The molecule has 1 aliphatic heterocycles. The number of carbonyl (C=O) groups is 4. The molecule has 1 saturated heterocycles. The second-order valence-electron chi connectivity index (χ2n) is 10.9. The van der Waals surface area contributed by atoms with E-state index in [0.717, 1.165) is 11.1 Å². The van der Waals surface area contributed by atoms with Crippen LogP contribution in [0.2, 0.25) is 0 Å². The van der Waals surface area contributed by atoms with Crippen LogP contribution in [0.4, 0.5) is 0 Å². The number of carboxylic acid groups (broad SMARTS) is 1. The van der Waals surface area contributed by atoms with Crippen LogP contribution in [-0.2, 0) is 25.6 Å². The van der Waals surface area contributed by atoms with E-state index in [2.05, 4.69) is 22.5 Å². The molecule has 2 aromatic carbocycles. The van der Waals surface area contributed by atoms with Crippen molar-refractivity contribution in [2.24, 2.45) is 17.2 Å². The predicted octanol–water partition coefficient (Wildman–Crippen LogP) is 0.501. The lowest BCUT2D eigenvalue weighted by molar-refractivity contribution is -0.148. The number of nitrogens with zero attached hydrogens (tertiary/aromatic N) is 1. The van der Waals surface area contributed by atoms with Gasteiger partial charge in [-0.25, -0.2) is 0 Å². The quantitative estimate of drug-likeness (QED) is 0.143. The molecule has 0 aliphatic carbocycles. The molecule has 0 saturated carbocycles. The van der Waals surface area contributed by atoms with Crippen LogP contribution in [-0.4, -0.2) is 77.0 Å². The van der Waals surface area contributed by atoms with Crippen molar-refractivity contribution in [2.45, 2.75) is 68.6 Å². The van der Waals surface area contributed by atoms with Crippen molar-refractivity contribution in [3.63, 3.8) is 0 Å². The molecule has 11 heteroatoms. The number of carbonyl (C=O) groups excluding carboxylic acids is 3. The predicted molar refractivity (Wildman–Crippen MR) is 163 cm³/mol. The molecular weight excluding hydrogens is 548 g/mol. The lowest BCUT2D eigenvalue weighted by Crippen LogP contribution is -2.60. The van der Waals surface area contributed by atoms with Gasteiger partial charge in [0.15, 0.2) is 0 Å². The van der Waals surface area contributed by atoms with E-state index in [9.17, 15) is 24.3 Å². The average molecular weight is 591 g/mol. The van der Waals surface area contributed by atoms with Gasteiger partial charge in [-0.3, -0.25) is 19.2 Å². The van der Waals surface area contributed by atoms with Gasteiger partial charge in [0.05, 0.1) is 6.04 Å². The number of piperidine rings is 1. The SMILES string of the molecule is NCCCCC(NC(=O)C(CC#Cc1ccccc1)NC(=O)C(N)Cc1ccccc1)C(=O)N1CCC(N)(C(=O)O)CC1. The lowest BCUT2D eigenvalue weighted by atomic mass is 9.88. The Labute approximate surface area is 252 Å². The Hall–Kier alpha value is -4.24. The fourth-order valence-electron chi connectivity index (χ4n) is 4.81. The molecule has 1 aliphatic rings. The van der Waals surface area contributed by atoms with E-state index in [1.54, 1.807) is 0 Å². The van der Waals surface area contributed by atoms with Gasteiger partial charge in [0, 0.05) is 25.1 Å². The normalized spacial score (nSPS) is 16.1. The van der Waals surface area contributed by atoms with E-state index in [1.807, 2.05) is 60.7 Å². The molecule has 1 heterocycles. The molecule has 3 atom stereocenters. The number of rotatable bonds is 13. The Kier molecular flexibility index (Phi) is 12.7. The Morgan fingerprint density at radius 2 is 1.51 bits per heavy atom. The molecule has 1 fully saturated rings. The van der Waals surface area contributed by atoms with Crippen molar-refractivity contribution >= 4 is 23.7 Å². The summed E-state index contributed by atoms with van der Waals surface area (Å²) in [6.45, 7) is 0.740. The molecule has 2 aromatic rings. The molecule has 0 bridgehead atoms. The van der Waals surface area contributed by atoms with Crippen LogP contribution < -0.4 is 27.8 Å². The summed E-state index contributed by atoms with van der Waals surface area (Å²) in [5.74, 6) is 3.45. The molecular formula is C32H42N6O5. The molecule has 0 aromatic heterocycles. The van der Waals surface area contributed by atoms with Gasteiger partial charge in [0.25, 0.3) is 0 Å². The van der Waals surface area contributed by atoms with Gasteiger partial charge in [0.1, 0.15) is 17.6 Å². The number of amides is 3. The number of carboxylic acids is 1. The molecule has 11 nitrogen and oxygen atoms in total. The minimum Gasteiger partial charge on any atom is -0.480 e. The molecule has 43 heavy (non-hydrogen) atoms. The number of nitrogens with two attached hydrogens (primary N) is 3. The summed E-state index contributed by atoms with van der Waals surface area (Å²) in [6, 6.07) is 15.7. The van der Waals surface area contributed by atoms with E-state index >= 15 is 0 Å². The highest BCUT2D eigenvalue weighted by Crippen LogP contribution is 2.21. The third-order valence-corrected chi connectivity index (χ3v) is 7.54. The summed E-state index contributed by atoms with van der Waals surface area (Å²) in [6.07, 6.45) is 2.05. The standard InChI is InChI=1S/C32H42N6O5/c33-19-8-7-15-27(30(41)38-20-17-32(35,18-21-38)31(42)43)37-29(40)26(16-9-14-23-10-3-1-4-11-23)36-28(39)25(34)22-24-12-5-2-6-13-24/h1-6,10-13,25-27H,7-8,15-22,33-35H2,(H,36,39)(H,37,40)(H,42,43). The van der Waals surface area contributed by atoms with Crippen molar-refractivity contribution in [2.75, 3.05) is 19.6 Å². The van der Waals surface area contributed by atoms with E-state index < -0.39 is 41.4 Å². The first kappa shape index (κ1) is 33.3. The molecule has 230 valence electrons. The second kappa shape index (κ2) is 16.4. The van der Waals surface area contributed by atoms with Crippen LogP contribution in [0, 0.1) is 11.8 Å². The Morgan fingerprint density at radius 3 is 2.12 bits per heavy atom. The summed E-state index contributed by atoms with van der Waals surface area (Å²) in [5.41, 5.74) is 18.1. The first-order valence-electron chi connectivity index (χ1n) is 14.6. The highest BCUT2D eigenvalue weighted by molar-refractivity contribution is 5.93. The molecule has 9 N–H and O–H groups in total. The van der Waals surface area contributed by atoms with E-state index in [-0.39, 0.29) is 44.7 Å². The van der Waals surface area contributed by atoms with Gasteiger partial charge < -0.3 is 37.8 Å². The van der Waals surface area contributed by atoms with Crippen molar-refractivity contribution in [1.82, 2.24) is 15.5 Å². The highest BCUT2D eigenvalue weighted by Gasteiger charge is 2.40. The molecule has 3 rings (SSSR count). The smallest absolute Gasteiger partial charge is 0.323 e. The van der Waals surface area contributed by atoms with Crippen LogP contribution in [0.5, 0.6) is 0 Å². The van der Waals surface area contributed by atoms with Crippen LogP contribution in [0.1, 0.15) is 49.7 Å². The summed E-state index contributed by atoms with van der Waals surface area (Å²) >= 11 is 0. The highest BCUT2D eigenvalue weighted by atomic mass is 16.4. The fraction of sp³-hybridized carbons (Fsp3) is 0.438. The largest absolute Gasteiger partial charge is 0.480 e. The van der Waals surface area contributed by atoms with Gasteiger partial charge in [0.2, 0.25) is 17.7 Å². The van der Waals surface area contributed by atoms with E-state index in [0.29, 0.717) is 25.8 Å². The van der Waals surface area contributed by atoms with Gasteiger partial charge in [-0.15, -0.1) is 0 Å². The average Bonchev–Trinajstić information content (AvgIpc) is 3.01. The zero-order chi connectivity index (χ0) is 31.2. The maximum atomic E-state index is 13.6. The maximum absolute atomic E-state index is 13.6. The number of aliphatic carboxylic acids is 1. The third kappa shape index (κ3) is 10.2. The molecule has 0 radical (unpaired) electrons. The number of nitrogens with one attached hydrogen (secondary N) is 2. The summed E-state index contributed by atoms with van der Waals surface area (Å²) in [5, 5.41) is 15.0. The zero-order valence-electron chi connectivity index (χ0n) is 24.3. The molecule has 0 spiro atoms. The number of hydrogen-bond acceptors (Lipinski definition) is 7. The van der Waals surface area contributed by atoms with Crippen molar-refractivity contribution in [3.05, 3.63) is 71.8 Å². The van der Waals surface area contributed by atoms with E-state index in [1.165, 1.54) is 4.90 Å². The maximum Gasteiger partial charge on any atom is 0.323 e. The van der Waals surface area contributed by atoms with Gasteiger partial charge in [-0.1, -0.05) is 60.4 Å². The number of benzene rings is 2. The summed E-state index contributed by atoms with van der Waals surface area (Å²) in [7, 11) is 0. The zero-order valence-corrected chi connectivity index (χ0v) is 24.3. The van der Waals surface area contributed by atoms with Crippen LogP contribution in [0.3, 0.4) is 0 Å².